The number of benzene rings is 2. The highest BCUT2D eigenvalue weighted by Gasteiger charge is 2.36. The van der Waals surface area contributed by atoms with Crippen molar-refractivity contribution in [3.05, 3.63) is 77.9 Å². The smallest absolute Gasteiger partial charge is 0.318 e. The van der Waals surface area contributed by atoms with Gasteiger partial charge in [-0.3, -0.25) is 0 Å². The topological polar surface area (TPSA) is 93.5 Å². The van der Waals surface area contributed by atoms with E-state index in [1.165, 1.54) is 4.31 Å². The van der Waals surface area contributed by atoms with E-state index in [4.69, 9.17) is 0 Å². The van der Waals surface area contributed by atoms with Gasteiger partial charge in [-0.15, -0.1) is 0 Å². The Bertz CT molecular complexity index is 1150. The number of carbonyl (C=O) groups excluding carboxylic acids is 1. The normalized spacial score (nSPS) is 20.6. The molecule has 2 aromatic rings. The van der Waals surface area contributed by atoms with Gasteiger partial charge in [-0.25, -0.2) is 13.2 Å². The van der Waals surface area contributed by atoms with Crippen LogP contribution in [0.5, 0.6) is 0 Å². The Morgan fingerprint density at radius 2 is 1.81 bits per heavy atom. The quantitative estimate of drug-likeness (QED) is 0.708. The van der Waals surface area contributed by atoms with E-state index in [1.54, 1.807) is 47.4 Å². The Kier molecular flexibility index (Phi) is 6.31. The molecule has 2 aliphatic heterocycles. The van der Waals surface area contributed by atoms with Gasteiger partial charge in [0, 0.05) is 26.2 Å². The third kappa shape index (κ3) is 4.40. The predicted octanol–water partition coefficient (Wildman–Crippen LogP) is 3.28. The van der Waals surface area contributed by atoms with E-state index < -0.39 is 10.0 Å². The van der Waals surface area contributed by atoms with E-state index in [9.17, 15) is 18.5 Å². The van der Waals surface area contributed by atoms with Gasteiger partial charge in [0.05, 0.1) is 22.6 Å². The Balaban J connectivity index is 1.47. The number of hydrogen-bond acceptors (Lipinski definition) is 4. The van der Waals surface area contributed by atoms with Crippen molar-refractivity contribution in [1.82, 2.24) is 14.5 Å². The van der Waals surface area contributed by atoms with Crippen LogP contribution in [-0.4, -0.2) is 49.8 Å². The molecule has 0 saturated carbocycles. The van der Waals surface area contributed by atoms with E-state index in [1.807, 2.05) is 12.1 Å². The second-order valence-electron chi connectivity index (χ2n) is 8.27. The number of nitriles is 1. The number of urea groups is 1. The highest BCUT2D eigenvalue weighted by Crippen LogP contribution is 2.33. The molecule has 4 rings (SSSR count). The van der Waals surface area contributed by atoms with Crippen LogP contribution in [0, 0.1) is 17.2 Å². The molecule has 0 bridgehead atoms. The molecule has 32 heavy (non-hydrogen) atoms. The Morgan fingerprint density at radius 1 is 1.09 bits per heavy atom. The first-order chi connectivity index (χ1) is 15.4. The van der Waals surface area contributed by atoms with E-state index >= 15 is 0 Å². The molecule has 2 fully saturated rings. The molecule has 7 nitrogen and oxygen atoms in total. The fraction of sp³-hybridized carbons (Fsp3) is 0.333. The number of nitrogens with one attached hydrogen (secondary N) is 1. The minimum atomic E-state index is -3.50. The summed E-state index contributed by atoms with van der Waals surface area (Å²) in [6, 6.07) is 17.4. The first kappa shape index (κ1) is 22.1. The lowest BCUT2D eigenvalue weighted by molar-refractivity contribution is 0.145. The maximum atomic E-state index is 12.9. The Labute approximate surface area is 189 Å². The van der Waals surface area contributed by atoms with Crippen molar-refractivity contribution in [2.75, 3.05) is 26.2 Å². The summed E-state index contributed by atoms with van der Waals surface area (Å²) in [5.41, 5.74) is 2.28. The number of piperidine rings is 1. The zero-order valence-corrected chi connectivity index (χ0v) is 18.6. The summed E-state index contributed by atoms with van der Waals surface area (Å²) in [4.78, 5) is 14.8. The second-order valence-corrected chi connectivity index (χ2v) is 10.2. The van der Waals surface area contributed by atoms with Crippen LogP contribution < -0.4 is 5.32 Å². The monoisotopic (exact) mass is 450 g/mol. The van der Waals surface area contributed by atoms with Crippen LogP contribution in [0.15, 0.2) is 71.6 Å². The largest absolute Gasteiger partial charge is 0.334 e. The van der Waals surface area contributed by atoms with Gasteiger partial charge in [0.1, 0.15) is 0 Å². The Morgan fingerprint density at radius 3 is 2.50 bits per heavy atom. The van der Waals surface area contributed by atoms with Gasteiger partial charge in [0.2, 0.25) is 10.0 Å². The fourth-order valence-electron chi connectivity index (χ4n) is 4.46. The minimum Gasteiger partial charge on any atom is -0.334 e. The molecule has 8 heteroatoms. The summed E-state index contributed by atoms with van der Waals surface area (Å²) in [7, 11) is -3.50. The summed E-state index contributed by atoms with van der Waals surface area (Å²) in [5.74, 6) is 0.176. The van der Waals surface area contributed by atoms with Crippen molar-refractivity contribution in [3.63, 3.8) is 0 Å². The van der Waals surface area contributed by atoms with Gasteiger partial charge in [-0.05, 0) is 54.2 Å². The van der Waals surface area contributed by atoms with Crippen LogP contribution in [0.1, 0.15) is 30.0 Å². The average Bonchev–Trinajstić information content (AvgIpc) is 2.82. The lowest BCUT2D eigenvalue weighted by atomic mass is 9.92. The lowest BCUT2D eigenvalue weighted by Gasteiger charge is -2.41. The standard InChI is InChI=1S/C24H26N4O3S/c1-18-16-26-24(29)28(23(18)21-7-5-6-20(14-21)15-25)17-19-10-12-27(13-11-19)32(30,31)22-8-3-2-4-9-22/h2-9,14,19,23H,1,10-13,16-17H2,(H,26,29). The zero-order chi connectivity index (χ0) is 22.7. The van der Waals surface area contributed by atoms with E-state index in [0.717, 1.165) is 11.1 Å². The van der Waals surface area contributed by atoms with Crippen molar-refractivity contribution in [2.45, 2.75) is 23.8 Å². The minimum absolute atomic E-state index is 0.163. The highest BCUT2D eigenvalue weighted by molar-refractivity contribution is 7.89. The van der Waals surface area contributed by atoms with Crippen molar-refractivity contribution >= 4 is 16.1 Å². The van der Waals surface area contributed by atoms with Gasteiger partial charge in [0.25, 0.3) is 0 Å². The summed E-state index contributed by atoms with van der Waals surface area (Å²) in [6.45, 7) is 5.90. The predicted molar refractivity (Wildman–Crippen MR) is 121 cm³/mol. The zero-order valence-electron chi connectivity index (χ0n) is 17.8. The van der Waals surface area contributed by atoms with Gasteiger partial charge in [-0.2, -0.15) is 9.57 Å². The average molecular weight is 451 g/mol. The number of sulfonamides is 1. The lowest BCUT2D eigenvalue weighted by Crippen LogP contribution is -2.52. The molecule has 1 unspecified atom stereocenters. The number of hydrogen-bond donors (Lipinski definition) is 1. The molecule has 1 atom stereocenters. The first-order valence-electron chi connectivity index (χ1n) is 10.7. The van der Waals surface area contributed by atoms with E-state index in [0.29, 0.717) is 49.5 Å². The molecule has 2 aromatic carbocycles. The number of amides is 2. The van der Waals surface area contributed by atoms with Crippen LogP contribution >= 0.6 is 0 Å². The molecular formula is C24H26N4O3S. The number of nitrogens with zero attached hydrogens (tertiary/aromatic N) is 3. The highest BCUT2D eigenvalue weighted by atomic mass is 32.2. The molecule has 0 radical (unpaired) electrons. The summed E-state index contributed by atoms with van der Waals surface area (Å²) in [5, 5.41) is 12.1. The SMILES string of the molecule is C=C1CNC(=O)N(CC2CCN(S(=O)(=O)c3ccccc3)CC2)C1c1cccc(C#N)c1. The molecule has 1 N–H and O–H groups in total. The van der Waals surface area contributed by atoms with Crippen molar-refractivity contribution in [1.29, 1.82) is 5.26 Å². The van der Waals surface area contributed by atoms with Crippen molar-refractivity contribution in [3.8, 4) is 6.07 Å². The molecule has 0 aromatic heterocycles. The number of carbonyl (C=O) groups is 1. The van der Waals surface area contributed by atoms with E-state index in [-0.39, 0.29) is 18.0 Å². The van der Waals surface area contributed by atoms with Crippen LogP contribution in [-0.2, 0) is 10.0 Å². The third-order valence-electron chi connectivity index (χ3n) is 6.17. The summed E-state index contributed by atoms with van der Waals surface area (Å²) >= 11 is 0. The molecule has 2 saturated heterocycles. The van der Waals surface area contributed by atoms with Crippen molar-refractivity contribution in [2.24, 2.45) is 5.92 Å². The molecular weight excluding hydrogens is 424 g/mol. The number of rotatable bonds is 5. The first-order valence-corrected chi connectivity index (χ1v) is 12.1. The van der Waals surface area contributed by atoms with Crippen LogP contribution in [0.2, 0.25) is 0 Å². The van der Waals surface area contributed by atoms with Gasteiger partial charge in [-0.1, -0.05) is 36.9 Å². The molecule has 0 spiro atoms. The van der Waals surface area contributed by atoms with Gasteiger partial charge in [0.15, 0.2) is 0 Å². The van der Waals surface area contributed by atoms with Crippen LogP contribution in [0.4, 0.5) is 4.79 Å². The molecule has 2 amide bonds. The van der Waals surface area contributed by atoms with E-state index in [2.05, 4.69) is 18.0 Å². The fourth-order valence-corrected chi connectivity index (χ4v) is 5.95. The van der Waals surface area contributed by atoms with Gasteiger partial charge < -0.3 is 10.2 Å². The molecule has 2 heterocycles. The molecule has 0 aliphatic carbocycles. The summed E-state index contributed by atoms with van der Waals surface area (Å²) < 4.78 is 27.3. The maximum Gasteiger partial charge on any atom is 0.318 e. The third-order valence-corrected chi connectivity index (χ3v) is 8.08. The van der Waals surface area contributed by atoms with Crippen LogP contribution in [0.25, 0.3) is 0 Å². The summed E-state index contributed by atoms with van der Waals surface area (Å²) in [6.07, 6.45) is 1.35. The van der Waals surface area contributed by atoms with Crippen LogP contribution in [0.3, 0.4) is 0 Å². The molecule has 2 aliphatic rings. The van der Waals surface area contributed by atoms with Gasteiger partial charge >= 0.3 is 6.03 Å². The second kappa shape index (κ2) is 9.15. The van der Waals surface area contributed by atoms with Crippen molar-refractivity contribution < 1.29 is 13.2 Å². The molecule has 166 valence electrons. The maximum absolute atomic E-state index is 12.9. The Hall–Kier alpha value is -3.15.